The number of fused-ring (bicyclic) bond motifs is 5. The molecule has 9 heteroatoms. The predicted molar refractivity (Wildman–Crippen MR) is 302 cm³/mol. The lowest BCUT2D eigenvalue weighted by Gasteiger charge is -2.34. The zero-order valence-electron chi connectivity index (χ0n) is 44.7. The molecular weight excluding hydrogens is 933 g/mol. The van der Waals surface area contributed by atoms with Gasteiger partial charge in [-0.05, 0) is 78.1 Å². The molecule has 0 amide bonds. The number of allylic oxidation sites excluding steroid dienone is 1. The Bertz CT molecular complexity index is 2200. The maximum atomic E-state index is 11.4. The number of methoxy groups -OCH3 is 2. The van der Waals surface area contributed by atoms with E-state index in [0.717, 1.165) is 87.4 Å². The van der Waals surface area contributed by atoms with Crippen LogP contribution >= 0.6 is 23.5 Å². The average molecular weight is 1020 g/mol. The van der Waals surface area contributed by atoms with Crippen molar-refractivity contribution in [2.45, 2.75) is 208 Å². The van der Waals surface area contributed by atoms with Crippen LogP contribution in [0.15, 0.2) is 81.4 Å². The number of ether oxygens (including phenoxy) is 5. The fourth-order valence-corrected chi connectivity index (χ4v) is 12.8. The van der Waals surface area contributed by atoms with E-state index in [1.54, 1.807) is 0 Å². The van der Waals surface area contributed by atoms with E-state index in [0.29, 0.717) is 26.1 Å². The molecule has 4 aromatic rings. The smallest absolute Gasteiger partial charge is 0.305 e. The van der Waals surface area contributed by atoms with Crippen molar-refractivity contribution in [3.63, 3.8) is 0 Å². The minimum absolute atomic E-state index is 0.106. The van der Waals surface area contributed by atoms with Crippen LogP contribution in [-0.2, 0) is 19.1 Å². The van der Waals surface area contributed by atoms with Gasteiger partial charge in [0.15, 0.2) is 0 Å². The fourth-order valence-electron chi connectivity index (χ4n) is 10.3. The highest BCUT2D eigenvalue weighted by molar-refractivity contribution is 8.00. The highest BCUT2D eigenvalue weighted by Crippen LogP contribution is 2.58. The number of unbranched alkanes of at least 4 members (excludes halogenated alkanes) is 23. The molecule has 0 saturated heterocycles. The van der Waals surface area contributed by atoms with Crippen LogP contribution in [0.2, 0.25) is 0 Å². The largest absolute Gasteiger partial charge is 0.492 e. The number of hydrogen-bond donors (Lipinski definition) is 0. The molecule has 2 aliphatic rings. The van der Waals surface area contributed by atoms with Gasteiger partial charge in [-0.2, -0.15) is 0 Å². The lowest BCUT2D eigenvalue weighted by Crippen LogP contribution is -2.15. The SMILES string of the molecule is CCCCCCCCCCCCOc1cc2ccccc2c2c1SCC(C)C2=C1c2cccc(OCCCCCCCCCCC(=O)OC)c2Sc2c(OCCCCCCCCCCC(=O)OC)cccc21. The predicted octanol–water partition coefficient (Wildman–Crippen LogP) is 18.4. The maximum Gasteiger partial charge on any atom is 0.305 e. The van der Waals surface area contributed by atoms with Gasteiger partial charge in [0.2, 0.25) is 0 Å². The summed E-state index contributed by atoms with van der Waals surface area (Å²) >= 11 is 3.78. The van der Waals surface area contributed by atoms with Crippen LogP contribution in [0.4, 0.5) is 0 Å². The second kappa shape index (κ2) is 33.0. The van der Waals surface area contributed by atoms with Gasteiger partial charge in [-0.3, -0.25) is 9.59 Å². The molecule has 0 radical (unpaired) electrons. The van der Waals surface area contributed by atoms with Crippen molar-refractivity contribution in [2.75, 3.05) is 39.8 Å². The van der Waals surface area contributed by atoms with Gasteiger partial charge in [0.25, 0.3) is 0 Å². The summed E-state index contributed by atoms with van der Waals surface area (Å²) in [5, 5.41) is 2.50. The lowest BCUT2D eigenvalue weighted by atomic mass is 9.81. The molecule has 0 fully saturated rings. The molecule has 2 aliphatic heterocycles. The molecule has 394 valence electrons. The van der Waals surface area contributed by atoms with Crippen molar-refractivity contribution < 1.29 is 33.3 Å². The van der Waals surface area contributed by atoms with Crippen molar-refractivity contribution in [1.29, 1.82) is 0 Å². The lowest BCUT2D eigenvalue weighted by molar-refractivity contribution is -0.141. The summed E-state index contributed by atoms with van der Waals surface area (Å²) in [6.07, 6.45) is 32.0. The van der Waals surface area contributed by atoms with E-state index in [1.807, 2.05) is 23.5 Å². The summed E-state index contributed by atoms with van der Waals surface area (Å²) in [6.45, 7) is 6.81. The normalized spacial score (nSPS) is 13.9. The van der Waals surface area contributed by atoms with Crippen LogP contribution in [0.5, 0.6) is 17.2 Å². The first kappa shape index (κ1) is 57.2. The van der Waals surface area contributed by atoms with Crippen LogP contribution in [-0.4, -0.2) is 51.7 Å². The van der Waals surface area contributed by atoms with Gasteiger partial charge in [0, 0.05) is 35.3 Å². The molecule has 1 unspecified atom stereocenters. The first-order chi connectivity index (χ1) is 35.4. The summed E-state index contributed by atoms with van der Waals surface area (Å²) < 4.78 is 30.0. The molecule has 1 atom stereocenters. The Morgan fingerprint density at radius 2 is 0.931 bits per heavy atom. The van der Waals surface area contributed by atoms with Crippen molar-refractivity contribution in [3.05, 3.63) is 83.4 Å². The molecule has 6 rings (SSSR count). The first-order valence-electron chi connectivity index (χ1n) is 28.3. The van der Waals surface area contributed by atoms with Gasteiger partial charge in [0.1, 0.15) is 17.2 Å². The Morgan fingerprint density at radius 1 is 0.500 bits per heavy atom. The summed E-state index contributed by atoms with van der Waals surface area (Å²) in [4.78, 5) is 26.5. The van der Waals surface area contributed by atoms with Gasteiger partial charge in [0.05, 0.1) is 48.7 Å². The number of carbonyl (C=O) groups is 2. The minimum Gasteiger partial charge on any atom is -0.492 e. The number of benzene rings is 4. The van der Waals surface area contributed by atoms with E-state index < -0.39 is 0 Å². The Kier molecular flexibility index (Phi) is 26.2. The highest BCUT2D eigenvalue weighted by atomic mass is 32.2. The molecule has 4 aromatic carbocycles. The highest BCUT2D eigenvalue weighted by Gasteiger charge is 2.35. The molecular formula is C63H88O7S2. The quantitative estimate of drug-likeness (QED) is 0.0288. The standard InChI is InChI=1S/C63H88O7S2/c1-5-6-7-8-9-10-13-18-25-32-45-70-55-46-49-35-28-29-36-50(49)60-58(48(2)47-71-63(55)60)59-51-37-33-39-53(68-43-30-23-19-14-11-16-21-26-41-56(64)66-3)61(51)72-62-52(59)38-34-40-54(62)69-44-31-24-20-15-12-17-22-27-42-57(65)67-4/h28-29,33-40,46,48H,5-27,30-32,41-45,47H2,1-4H3. The molecule has 0 spiro atoms. The van der Waals surface area contributed by atoms with Crippen molar-refractivity contribution in [1.82, 2.24) is 0 Å². The molecule has 0 N–H and O–H groups in total. The number of hydrogen-bond acceptors (Lipinski definition) is 9. The van der Waals surface area contributed by atoms with Gasteiger partial charge in [-0.25, -0.2) is 0 Å². The van der Waals surface area contributed by atoms with Crippen LogP contribution < -0.4 is 14.2 Å². The Morgan fingerprint density at radius 3 is 1.40 bits per heavy atom. The van der Waals surface area contributed by atoms with Crippen molar-refractivity contribution >= 4 is 57.4 Å². The van der Waals surface area contributed by atoms with Gasteiger partial charge >= 0.3 is 11.9 Å². The zero-order valence-corrected chi connectivity index (χ0v) is 46.4. The molecule has 2 heterocycles. The van der Waals surface area contributed by atoms with E-state index in [9.17, 15) is 9.59 Å². The zero-order chi connectivity index (χ0) is 50.6. The maximum absolute atomic E-state index is 11.4. The molecule has 7 nitrogen and oxygen atoms in total. The third-order valence-electron chi connectivity index (χ3n) is 14.5. The van der Waals surface area contributed by atoms with Crippen LogP contribution in [0.1, 0.15) is 210 Å². The van der Waals surface area contributed by atoms with Crippen LogP contribution in [0, 0.1) is 5.92 Å². The summed E-state index contributed by atoms with van der Waals surface area (Å²) in [5.74, 6) is 3.97. The van der Waals surface area contributed by atoms with Crippen LogP contribution in [0.25, 0.3) is 21.9 Å². The third kappa shape index (κ3) is 17.8. The van der Waals surface area contributed by atoms with E-state index in [2.05, 4.69) is 80.6 Å². The molecule has 0 aromatic heterocycles. The Balaban J connectivity index is 1.20. The minimum atomic E-state index is -0.106. The van der Waals surface area contributed by atoms with Crippen LogP contribution in [0.3, 0.4) is 0 Å². The van der Waals surface area contributed by atoms with E-state index in [1.165, 1.54) is 177 Å². The Hall–Kier alpha value is -4.08. The van der Waals surface area contributed by atoms with Crippen molar-refractivity contribution in [3.8, 4) is 17.2 Å². The van der Waals surface area contributed by atoms with E-state index >= 15 is 0 Å². The summed E-state index contributed by atoms with van der Waals surface area (Å²) in [6, 6.07) is 24.6. The average Bonchev–Trinajstić information content (AvgIpc) is 3.40. The topological polar surface area (TPSA) is 80.3 Å². The second-order valence-corrected chi connectivity index (χ2v) is 22.3. The third-order valence-corrected chi connectivity index (χ3v) is 17.1. The molecule has 72 heavy (non-hydrogen) atoms. The summed E-state index contributed by atoms with van der Waals surface area (Å²) in [5.41, 5.74) is 6.47. The summed E-state index contributed by atoms with van der Waals surface area (Å²) in [7, 11) is 2.93. The first-order valence-corrected chi connectivity index (χ1v) is 30.1. The molecule has 0 aliphatic carbocycles. The Labute approximate surface area is 443 Å². The van der Waals surface area contributed by atoms with Gasteiger partial charge in [-0.15, -0.1) is 11.8 Å². The molecule has 0 saturated carbocycles. The van der Waals surface area contributed by atoms with E-state index in [-0.39, 0.29) is 17.9 Å². The number of thioether (sulfide) groups is 1. The van der Waals surface area contributed by atoms with E-state index in [4.69, 9.17) is 23.7 Å². The second-order valence-electron chi connectivity index (χ2n) is 20.2. The fraction of sp³-hybridized carbons (Fsp3) is 0.587. The monoisotopic (exact) mass is 1020 g/mol. The van der Waals surface area contributed by atoms with Gasteiger partial charge in [-0.1, -0.05) is 209 Å². The van der Waals surface area contributed by atoms with Crippen molar-refractivity contribution in [2.24, 2.45) is 5.92 Å². The number of carbonyl (C=O) groups excluding carboxylic acids is 2. The number of esters is 2. The van der Waals surface area contributed by atoms with Gasteiger partial charge < -0.3 is 23.7 Å². The molecule has 0 bridgehead atoms. The number of rotatable bonds is 36.